The molecule has 0 heterocycles. The first-order valence-corrected chi connectivity index (χ1v) is 10.0. The van der Waals surface area contributed by atoms with Gasteiger partial charge in [-0.1, -0.05) is 49.2 Å². The Balaban J connectivity index is 2.26. The smallest absolute Gasteiger partial charge is 0.154 e. The first kappa shape index (κ1) is 22.2. The highest BCUT2D eigenvalue weighted by atomic mass is 35.5. The van der Waals surface area contributed by atoms with Crippen LogP contribution >= 0.6 is 11.6 Å². The summed E-state index contributed by atoms with van der Waals surface area (Å²) in [7, 11) is 1.49. The molecule has 0 aliphatic heterocycles. The summed E-state index contributed by atoms with van der Waals surface area (Å²) in [5.74, 6) is 1.38. The number of benzene rings is 1. The first-order chi connectivity index (χ1) is 13.2. The topological polar surface area (TPSA) is 63.6 Å². The fraction of sp³-hybridized carbons (Fsp3) is 0.478. The molecule has 0 radical (unpaired) electrons. The molecule has 1 aromatic rings. The number of rotatable bonds is 6. The highest BCUT2D eigenvalue weighted by Gasteiger charge is 2.31. The van der Waals surface area contributed by atoms with Crippen molar-refractivity contribution in [2.24, 2.45) is 17.8 Å². The highest BCUT2D eigenvalue weighted by molar-refractivity contribution is 6.33. The van der Waals surface area contributed by atoms with Crippen LogP contribution in [-0.2, 0) is 11.2 Å². The number of ketones is 1. The summed E-state index contributed by atoms with van der Waals surface area (Å²) in [6.45, 7) is 7.84. The Morgan fingerprint density at radius 3 is 2.64 bits per heavy atom. The van der Waals surface area contributed by atoms with Crippen LogP contribution in [0.25, 0.3) is 0 Å². The van der Waals surface area contributed by atoms with Crippen molar-refractivity contribution in [1.82, 2.24) is 0 Å². The monoisotopic (exact) mass is 404 g/mol. The second kappa shape index (κ2) is 9.42. The van der Waals surface area contributed by atoms with Gasteiger partial charge in [0.1, 0.15) is 17.3 Å². The molecule has 0 saturated heterocycles. The Morgan fingerprint density at radius 2 is 2.04 bits per heavy atom. The second-order valence-corrected chi connectivity index (χ2v) is 8.07. The summed E-state index contributed by atoms with van der Waals surface area (Å²) in [5.41, 5.74) is 2.18. The number of phenolic OH excluding ortho intramolecular Hbond substituents is 1. The maximum atomic E-state index is 12.0. The van der Waals surface area contributed by atoms with E-state index in [1.807, 2.05) is 26.0 Å². The molecule has 3 atom stereocenters. The van der Waals surface area contributed by atoms with Crippen molar-refractivity contribution in [1.29, 1.82) is 0 Å². The van der Waals surface area contributed by atoms with Crippen molar-refractivity contribution in [3.63, 3.8) is 0 Å². The zero-order chi connectivity index (χ0) is 21.0. The fourth-order valence-corrected chi connectivity index (χ4v) is 4.16. The minimum absolute atomic E-state index is 0.0444. The molecule has 3 unspecified atom stereocenters. The number of halogens is 1. The van der Waals surface area contributed by atoms with Crippen LogP contribution in [0.1, 0.15) is 55.1 Å². The van der Waals surface area contributed by atoms with E-state index in [4.69, 9.17) is 16.3 Å². The molecule has 2 rings (SSSR count). The normalized spacial score (nSPS) is 23.3. The number of methoxy groups -OCH3 is 1. The van der Waals surface area contributed by atoms with Gasteiger partial charge in [-0.3, -0.25) is 9.59 Å². The predicted octanol–water partition coefficient (Wildman–Crippen LogP) is 5.47. The Labute approximate surface area is 172 Å². The Kier molecular flexibility index (Phi) is 7.48. The van der Waals surface area contributed by atoms with Crippen LogP contribution in [0.5, 0.6) is 11.5 Å². The van der Waals surface area contributed by atoms with Crippen molar-refractivity contribution in [2.75, 3.05) is 7.11 Å². The molecule has 1 aliphatic carbocycles. The van der Waals surface area contributed by atoms with Crippen LogP contribution in [-0.4, -0.2) is 24.3 Å². The number of carbonyl (C=O) groups excluding carboxylic acids is 2. The van der Waals surface area contributed by atoms with Gasteiger partial charge in [-0.05, 0) is 44.1 Å². The average molecular weight is 405 g/mol. The van der Waals surface area contributed by atoms with Gasteiger partial charge in [0.25, 0.3) is 0 Å². The minimum Gasteiger partial charge on any atom is -0.507 e. The lowest BCUT2D eigenvalue weighted by Crippen LogP contribution is -2.30. The van der Waals surface area contributed by atoms with Crippen LogP contribution in [0.2, 0.25) is 5.02 Å². The van der Waals surface area contributed by atoms with E-state index < -0.39 is 0 Å². The third kappa shape index (κ3) is 4.49. The van der Waals surface area contributed by atoms with Gasteiger partial charge in [0.05, 0.1) is 17.7 Å². The number of phenols is 1. The number of aromatic hydroxyl groups is 1. The van der Waals surface area contributed by atoms with E-state index in [2.05, 4.69) is 13.0 Å². The number of aldehydes is 1. The van der Waals surface area contributed by atoms with Crippen LogP contribution in [0.3, 0.4) is 0 Å². The molecule has 1 aromatic carbocycles. The molecule has 5 heteroatoms. The maximum absolute atomic E-state index is 12.0. The Morgan fingerprint density at radius 1 is 1.36 bits per heavy atom. The summed E-state index contributed by atoms with van der Waals surface area (Å²) < 4.78 is 5.37. The molecule has 4 nitrogen and oxygen atoms in total. The lowest BCUT2D eigenvalue weighted by Gasteiger charge is -2.31. The number of ether oxygens (including phenoxy) is 1. The van der Waals surface area contributed by atoms with Gasteiger partial charge < -0.3 is 9.84 Å². The van der Waals surface area contributed by atoms with Crippen molar-refractivity contribution < 1.29 is 19.4 Å². The maximum Gasteiger partial charge on any atom is 0.154 e. The van der Waals surface area contributed by atoms with Gasteiger partial charge in [-0.25, -0.2) is 0 Å². The zero-order valence-electron chi connectivity index (χ0n) is 17.2. The van der Waals surface area contributed by atoms with Crippen LogP contribution < -0.4 is 4.74 Å². The zero-order valence-corrected chi connectivity index (χ0v) is 18.0. The van der Waals surface area contributed by atoms with Crippen molar-refractivity contribution >= 4 is 23.7 Å². The highest BCUT2D eigenvalue weighted by Crippen LogP contribution is 2.41. The van der Waals surface area contributed by atoms with E-state index in [1.54, 1.807) is 6.92 Å². The summed E-state index contributed by atoms with van der Waals surface area (Å²) in [4.78, 5) is 23.3. The molecule has 0 aromatic heterocycles. The molecular formula is C23H29ClO4. The third-order valence-electron chi connectivity index (χ3n) is 5.87. The number of Topliss-reactive ketones (excluding diaryl/α,β-unsaturated/α-hetero) is 1. The second-order valence-electron chi connectivity index (χ2n) is 7.69. The van der Waals surface area contributed by atoms with Crippen molar-refractivity contribution in [2.45, 2.75) is 47.0 Å². The molecule has 0 amide bonds. The Hall–Kier alpha value is -2.07. The summed E-state index contributed by atoms with van der Waals surface area (Å²) in [5, 5.41) is 10.8. The average Bonchev–Trinajstić information content (AvgIpc) is 2.67. The van der Waals surface area contributed by atoms with E-state index in [-0.39, 0.29) is 23.1 Å². The molecule has 0 bridgehead atoms. The Bertz CT molecular complexity index is 823. The van der Waals surface area contributed by atoms with Crippen LogP contribution in [0.15, 0.2) is 23.8 Å². The van der Waals surface area contributed by atoms with Crippen molar-refractivity contribution in [3.8, 4) is 11.5 Å². The number of hydrogen-bond donors (Lipinski definition) is 1. The van der Waals surface area contributed by atoms with Gasteiger partial charge in [-0.15, -0.1) is 0 Å². The lowest BCUT2D eigenvalue weighted by molar-refractivity contribution is -0.126. The first-order valence-electron chi connectivity index (χ1n) is 9.63. The molecule has 152 valence electrons. The lowest BCUT2D eigenvalue weighted by atomic mass is 9.72. The molecule has 0 spiro atoms. The molecular weight excluding hydrogens is 376 g/mol. The van der Waals surface area contributed by atoms with Gasteiger partial charge in [-0.2, -0.15) is 0 Å². The molecule has 1 fully saturated rings. The third-order valence-corrected chi connectivity index (χ3v) is 6.32. The van der Waals surface area contributed by atoms with E-state index in [0.29, 0.717) is 52.7 Å². The standard InChI is InChI=1S/C23H29ClO4/c1-13(6-9-17-14(2)8-11-20(26)15(17)3)7-10-18-22(27)19(12-25)16(4)21(24)23(18)28-5/h6-7,9,12,14-15,17,27H,8,10-11H2,1-5H3/b9-6+,13-7-. The summed E-state index contributed by atoms with van der Waals surface area (Å²) >= 11 is 6.32. The van der Waals surface area contributed by atoms with E-state index in [1.165, 1.54) is 7.11 Å². The van der Waals surface area contributed by atoms with Gasteiger partial charge in [0, 0.05) is 17.9 Å². The van der Waals surface area contributed by atoms with Crippen LogP contribution in [0, 0.1) is 24.7 Å². The van der Waals surface area contributed by atoms with E-state index in [9.17, 15) is 14.7 Å². The van der Waals surface area contributed by atoms with E-state index >= 15 is 0 Å². The largest absolute Gasteiger partial charge is 0.507 e. The summed E-state index contributed by atoms with van der Waals surface area (Å²) in [6, 6.07) is 0. The van der Waals surface area contributed by atoms with Gasteiger partial charge >= 0.3 is 0 Å². The van der Waals surface area contributed by atoms with E-state index in [0.717, 1.165) is 12.0 Å². The number of carbonyl (C=O) groups is 2. The molecule has 1 saturated carbocycles. The SMILES string of the molecule is COc1c(Cl)c(C)c(C=O)c(O)c1C/C=C(C)\C=C\C1C(C)CCC(=O)C1C. The number of hydrogen-bond acceptors (Lipinski definition) is 4. The predicted molar refractivity (Wildman–Crippen MR) is 112 cm³/mol. The van der Waals surface area contributed by atoms with Crippen LogP contribution in [0.4, 0.5) is 0 Å². The van der Waals surface area contributed by atoms with Gasteiger partial charge in [0.2, 0.25) is 0 Å². The molecule has 1 N–H and O–H groups in total. The summed E-state index contributed by atoms with van der Waals surface area (Å²) in [6.07, 6.45) is 8.69. The quantitative estimate of drug-likeness (QED) is 0.504. The molecule has 28 heavy (non-hydrogen) atoms. The van der Waals surface area contributed by atoms with Gasteiger partial charge in [0.15, 0.2) is 6.29 Å². The number of allylic oxidation sites excluding steroid dienone is 4. The fourth-order valence-electron chi connectivity index (χ4n) is 3.86. The van der Waals surface area contributed by atoms with Crippen molar-refractivity contribution in [3.05, 3.63) is 45.5 Å². The molecule has 1 aliphatic rings. The minimum atomic E-state index is -0.0955.